The number of amides is 2. The van der Waals surface area contributed by atoms with Gasteiger partial charge >= 0.3 is 6.18 Å². The Kier molecular flexibility index (Phi) is 7.67. The van der Waals surface area contributed by atoms with E-state index in [1.807, 2.05) is 4.90 Å². The predicted molar refractivity (Wildman–Crippen MR) is 121 cm³/mol. The van der Waals surface area contributed by atoms with Crippen molar-refractivity contribution < 1.29 is 32.2 Å². The number of morpholine rings is 2. The summed E-state index contributed by atoms with van der Waals surface area (Å²) < 4.78 is 50.8. The lowest BCUT2D eigenvalue weighted by atomic mass is 9.78. The minimum atomic E-state index is -4.51. The summed E-state index contributed by atoms with van der Waals surface area (Å²) in [6, 6.07) is 3.46. The van der Waals surface area contributed by atoms with Crippen LogP contribution < -0.4 is 10.2 Å². The lowest BCUT2D eigenvalue weighted by Gasteiger charge is -2.33. The van der Waals surface area contributed by atoms with Crippen LogP contribution in [-0.4, -0.2) is 69.3 Å². The van der Waals surface area contributed by atoms with E-state index in [1.54, 1.807) is 4.90 Å². The number of hydrogen-bond donors (Lipinski definition) is 1. The fourth-order valence-corrected chi connectivity index (χ4v) is 5.21. The number of carbonyl (C=O) groups is 2. The molecule has 0 unspecified atom stereocenters. The highest BCUT2D eigenvalue weighted by atomic mass is 19.4. The van der Waals surface area contributed by atoms with Crippen LogP contribution in [0.4, 0.5) is 24.5 Å². The van der Waals surface area contributed by atoms with Crippen LogP contribution in [-0.2, 0) is 25.2 Å². The molecule has 2 heterocycles. The Labute approximate surface area is 197 Å². The Bertz CT molecular complexity index is 875. The van der Waals surface area contributed by atoms with Gasteiger partial charge in [-0.1, -0.05) is 12.8 Å². The van der Waals surface area contributed by atoms with Crippen LogP contribution in [0.5, 0.6) is 0 Å². The van der Waals surface area contributed by atoms with E-state index in [9.17, 15) is 22.8 Å². The molecule has 1 N–H and O–H groups in total. The first-order chi connectivity index (χ1) is 16.3. The largest absolute Gasteiger partial charge is 0.416 e. The smallest absolute Gasteiger partial charge is 0.378 e. The van der Waals surface area contributed by atoms with Gasteiger partial charge in [0.15, 0.2) is 0 Å². The molecular formula is C24H32F3N3O4. The van der Waals surface area contributed by atoms with Gasteiger partial charge in [0.25, 0.3) is 0 Å². The fraction of sp³-hybridized carbons (Fsp3) is 0.667. The second-order valence-electron chi connectivity index (χ2n) is 9.43. The first-order valence-corrected chi connectivity index (χ1v) is 12.0. The van der Waals surface area contributed by atoms with Crippen molar-refractivity contribution in [3.05, 3.63) is 23.8 Å². The number of anilines is 2. The van der Waals surface area contributed by atoms with Gasteiger partial charge in [-0.15, -0.1) is 0 Å². The molecule has 1 aromatic rings. The lowest BCUT2D eigenvalue weighted by Crippen LogP contribution is -2.43. The van der Waals surface area contributed by atoms with Crippen LogP contribution in [0.15, 0.2) is 18.2 Å². The standard InChI is InChI=1S/C24H32F3N3O4/c25-24(26,27)18-3-4-20(29-7-11-33-12-8-29)19(15-18)28-21(31)16-23(5-1-2-6-23)17-22(32)30-9-13-34-14-10-30/h3-4,15H,1-2,5-14,16-17H2,(H,28,31). The number of halogens is 3. The molecular weight excluding hydrogens is 451 g/mol. The molecule has 0 atom stereocenters. The van der Waals surface area contributed by atoms with Crippen molar-refractivity contribution in [2.75, 3.05) is 62.8 Å². The molecule has 0 radical (unpaired) electrons. The van der Waals surface area contributed by atoms with E-state index >= 15 is 0 Å². The van der Waals surface area contributed by atoms with Crippen molar-refractivity contribution in [2.24, 2.45) is 5.41 Å². The summed E-state index contributed by atoms with van der Waals surface area (Å²) in [5.74, 6) is -0.336. The number of alkyl halides is 3. The summed E-state index contributed by atoms with van der Waals surface area (Å²) in [6.45, 7) is 4.14. The van der Waals surface area contributed by atoms with E-state index < -0.39 is 17.2 Å². The molecule has 10 heteroatoms. The molecule has 0 bridgehead atoms. The second-order valence-corrected chi connectivity index (χ2v) is 9.43. The van der Waals surface area contributed by atoms with Crippen LogP contribution in [0.1, 0.15) is 44.1 Å². The van der Waals surface area contributed by atoms with Gasteiger partial charge in [-0.2, -0.15) is 13.2 Å². The van der Waals surface area contributed by atoms with Crippen LogP contribution in [0.25, 0.3) is 0 Å². The van der Waals surface area contributed by atoms with Crippen molar-refractivity contribution >= 4 is 23.2 Å². The Morgan fingerprint density at radius 3 is 2.18 bits per heavy atom. The summed E-state index contributed by atoms with van der Waals surface area (Å²) in [6.07, 6.45) is -0.731. The van der Waals surface area contributed by atoms with E-state index in [1.165, 1.54) is 6.07 Å². The van der Waals surface area contributed by atoms with E-state index in [4.69, 9.17) is 9.47 Å². The van der Waals surface area contributed by atoms with E-state index in [-0.39, 0.29) is 30.3 Å². The van der Waals surface area contributed by atoms with Crippen LogP contribution in [0.3, 0.4) is 0 Å². The van der Waals surface area contributed by atoms with Gasteiger partial charge in [0.2, 0.25) is 11.8 Å². The van der Waals surface area contributed by atoms with Gasteiger partial charge < -0.3 is 24.6 Å². The fourth-order valence-electron chi connectivity index (χ4n) is 5.21. The van der Waals surface area contributed by atoms with Crippen molar-refractivity contribution in [1.82, 2.24) is 4.90 Å². The number of rotatable bonds is 6. The quantitative estimate of drug-likeness (QED) is 0.669. The van der Waals surface area contributed by atoms with E-state index in [0.717, 1.165) is 37.8 Å². The summed E-state index contributed by atoms with van der Waals surface area (Å²) in [4.78, 5) is 29.8. The molecule has 1 aliphatic carbocycles. The lowest BCUT2D eigenvalue weighted by molar-refractivity contribution is -0.139. The molecule has 3 aliphatic rings. The zero-order valence-corrected chi connectivity index (χ0v) is 19.3. The zero-order valence-electron chi connectivity index (χ0n) is 19.3. The monoisotopic (exact) mass is 483 g/mol. The van der Waals surface area contributed by atoms with Crippen LogP contribution >= 0.6 is 0 Å². The van der Waals surface area contributed by atoms with Gasteiger partial charge in [-0.25, -0.2) is 0 Å². The predicted octanol–water partition coefficient (Wildman–Crippen LogP) is 3.68. The normalized spacial score (nSPS) is 20.9. The van der Waals surface area contributed by atoms with Crippen molar-refractivity contribution in [3.63, 3.8) is 0 Å². The van der Waals surface area contributed by atoms with Crippen molar-refractivity contribution in [1.29, 1.82) is 0 Å². The summed E-state index contributed by atoms with van der Waals surface area (Å²) in [5, 5.41) is 2.76. The maximum atomic E-state index is 13.4. The first kappa shape index (κ1) is 24.8. The average Bonchev–Trinajstić information content (AvgIpc) is 3.27. The third kappa shape index (κ3) is 6.02. The SMILES string of the molecule is O=C(CC1(CC(=O)N2CCOCC2)CCCC1)Nc1cc(C(F)(F)F)ccc1N1CCOCC1. The molecule has 3 fully saturated rings. The summed E-state index contributed by atoms with van der Waals surface area (Å²) in [5.41, 5.74) is -0.568. The molecule has 188 valence electrons. The highest BCUT2D eigenvalue weighted by Gasteiger charge is 2.39. The average molecular weight is 484 g/mol. The van der Waals surface area contributed by atoms with Gasteiger partial charge in [-0.05, 0) is 36.5 Å². The highest BCUT2D eigenvalue weighted by molar-refractivity contribution is 5.95. The third-order valence-corrected chi connectivity index (χ3v) is 7.04. The van der Waals surface area contributed by atoms with Gasteiger partial charge in [0.05, 0.1) is 43.4 Å². The Hall–Kier alpha value is -2.33. The second kappa shape index (κ2) is 10.5. The number of ether oxygens (including phenoxy) is 2. The van der Waals surface area contributed by atoms with Crippen molar-refractivity contribution in [3.8, 4) is 0 Å². The molecule has 0 spiro atoms. The van der Waals surface area contributed by atoms with Gasteiger partial charge in [0.1, 0.15) is 0 Å². The van der Waals surface area contributed by atoms with Gasteiger partial charge in [0, 0.05) is 39.0 Å². The van der Waals surface area contributed by atoms with E-state index in [0.29, 0.717) is 58.3 Å². The molecule has 1 saturated carbocycles. The number of hydrogen-bond acceptors (Lipinski definition) is 5. The highest BCUT2D eigenvalue weighted by Crippen LogP contribution is 2.45. The van der Waals surface area contributed by atoms with Crippen LogP contribution in [0.2, 0.25) is 0 Å². The van der Waals surface area contributed by atoms with E-state index in [2.05, 4.69) is 5.32 Å². The zero-order chi connectivity index (χ0) is 24.2. The number of carbonyl (C=O) groups excluding carboxylic acids is 2. The third-order valence-electron chi connectivity index (χ3n) is 7.04. The molecule has 4 rings (SSSR count). The number of nitrogens with zero attached hydrogens (tertiary/aromatic N) is 2. The first-order valence-electron chi connectivity index (χ1n) is 12.0. The Balaban J connectivity index is 1.50. The number of benzene rings is 1. The molecule has 0 aromatic heterocycles. The Morgan fingerprint density at radius 2 is 1.56 bits per heavy atom. The number of nitrogens with one attached hydrogen (secondary N) is 1. The minimum absolute atomic E-state index is 0.0195. The molecule has 2 amide bonds. The van der Waals surface area contributed by atoms with Gasteiger partial charge in [-0.3, -0.25) is 9.59 Å². The molecule has 34 heavy (non-hydrogen) atoms. The maximum absolute atomic E-state index is 13.4. The van der Waals surface area contributed by atoms with Crippen LogP contribution in [0, 0.1) is 5.41 Å². The summed E-state index contributed by atoms with van der Waals surface area (Å²) >= 11 is 0. The topological polar surface area (TPSA) is 71.1 Å². The Morgan fingerprint density at radius 1 is 0.941 bits per heavy atom. The minimum Gasteiger partial charge on any atom is -0.378 e. The van der Waals surface area contributed by atoms with Crippen molar-refractivity contribution in [2.45, 2.75) is 44.7 Å². The summed E-state index contributed by atoms with van der Waals surface area (Å²) in [7, 11) is 0. The molecule has 2 saturated heterocycles. The molecule has 1 aromatic carbocycles. The maximum Gasteiger partial charge on any atom is 0.416 e. The molecule has 2 aliphatic heterocycles. The molecule has 7 nitrogen and oxygen atoms in total.